The van der Waals surface area contributed by atoms with Gasteiger partial charge in [-0.05, 0) is 29.8 Å². The van der Waals surface area contributed by atoms with Crippen LogP contribution in [0.25, 0.3) is 22.3 Å². The van der Waals surface area contributed by atoms with Crippen LogP contribution in [0.15, 0.2) is 55.1 Å². The molecule has 0 aromatic carbocycles. The van der Waals surface area contributed by atoms with Gasteiger partial charge in [-0.25, -0.2) is 9.78 Å². The van der Waals surface area contributed by atoms with E-state index in [1.165, 1.54) is 12.3 Å². The lowest BCUT2D eigenvalue weighted by molar-refractivity contribution is 0.0696. The van der Waals surface area contributed by atoms with Gasteiger partial charge in [0, 0.05) is 42.3 Å². The van der Waals surface area contributed by atoms with Crippen LogP contribution in [0, 0.1) is 0 Å². The summed E-state index contributed by atoms with van der Waals surface area (Å²) >= 11 is 6.32. The van der Waals surface area contributed by atoms with Crippen molar-refractivity contribution < 1.29 is 9.90 Å². The number of nitrogens with one attached hydrogen (secondary N) is 2. The van der Waals surface area contributed by atoms with Gasteiger partial charge in [0.2, 0.25) is 0 Å². The van der Waals surface area contributed by atoms with Crippen LogP contribution >= 0.6 is 11.6 Å². The Kier molecular flexibility index (Phi) is 4.43. The molecule has 0 saturated carbocycles. The van der Waals surface area contributed by atoms with E-state index in [1.807, 2.05) is 24.3 Å². The SMILES string of the molecule is O=C(O)c1cnc(-c2cc(NCc3cccnc3)nc3[nH]ccc23)c(Cl)c1. The molecule has 4 heterocycles. The Balaban J connectivity index is 1.74. The minimum absolute atomic E-state index is 0.0399. The largest absolute Gasteiger partial charge is 0.478 e. The topological polar surface area (TPSA) is 104 Å². The minimum Gasteiger partial charge on any atom is -0.478 e. The highest BCUT2D eigenvalue weighted by molar-refractivity contribution is 6.33. The van der Waals surface area contributed by atoms with Crippen molar-refractivity contribution >= 4 is 34.4 Å². The number of carboxylic acids is 1. The molecule has 0 saturated heterocycles. The van der Waals surface area contributed by atoms with Gasteiger partial charge in [-0.3, -0.25) is 9.97 Å². The molecule has 134 valence electrons. The van der Waals surface area contributed by atoms with Gasteiger partial charge in [-0.15, -0.1) is 0 Å². The van der Waals surface area contributed by atoms with E-state index in [9.17, 15) is 4.79 Å². The van der Waals surface area contributed by atoms with Gasteiger partial charge in [0.25, 0.3) is 0 Å². The predicted molar refractivity (Wildman–Crippen MR) is 103 cm³/mol. The maximum atomic E-state index is 11.1. The smallest absolute Gasteiger partial charge is 0.337 e. The summed E-state index contributed by atoms with van der Waals surface area (Å²) in [5.41, 5.74) is 3.00. The Morgan fingerprint density at radius 1 is 1.26 bits per heavy atom. The van der Waals surface area contributed by atoms with E-state index < -0.39 is 5.97 Å². The standard InChI is InChI=1S/C19H14ClN5O2/c20-15-6-12(19(26)27)10-24-17(15)14-7-16(25-18-13(14)3-5-22-18)23-9-11-2-1-4-21-8-11/h1-8,10H,9H2,(H,26,27)(H2,22,23,25). The fourth-order valence-corrected chi connectivity index (χ4v) is 3.04. The molecular formula is C19H14ClN5O2. The third-order valence-corrected chi connectivity index (χ3v) is 4.36. The normalized spacial score (nSPS) is 10.9. The lowest BCUT2D eigenvalue weighted by Crippen LogP contribution is -2.03. The number of halogens is 1. The number of carboxylic acid groups (broad SMARTS) is 1. The van der Waals surface area contributed by atoms with Crippen LogP contribution in [0.3, 0.4) is 0 Å². The number of hydrogen-bond acceptors (Lipinski definition) is 5. The Bertz CT molecular complexity index is 1130. The summed E-state index contributed by atoms with van der Waals surface area (Å²) in [6.45, 7) is 0.561. The van der Waals surface area contributed by atoms with Gasteiger partial charge in [0.1, 0.15) is 11.5 Å². The molecule has 4 rings (SSSR count). The zero-order valence-electron chi connectivity index (χ0n) is 14.0. The summed E-state index contributed by atoms with van der Waals surface area (Å²) in [6.07, 6.45) is 6.58. The summed E-state index contributed by atoms with van der Waals surface area (Å²) in [5.74, 6) is -0.430. The number of nitrogens with zero attached hydrogens (tertiary/aromatic N) is 3. The quantitative estimate of drug-likeness (QED) is 0.484. The second kappa shape index (κ2) is 7.05. The second-order valence-corrected chi connectivity index (χ2v) is 6.28. The van der Waals surface area contributed by atoms with Gasteiger partial charge in [0.05, 0.1) is 16.3 Å². The van der Waals surface area contributed by atoms with Crippen LogP contribution in [0.2, 0.25) is 5.02 Å². The third kappa shape index (κ3) is 3.45. The first-order valence-corrected chi connectivity index (χ1v) is 8.50. The Morgan fingerprint density at radius 2 is 2.15 bits per heavy atom. The van der Waals surface area contributed by atoms with Gasteiger partial charge >= 0.3 is 5.97 Å². The van der Waals surface area contributed by atoms with Crippen molar-refractivity contribution in [3.63, 3.8) is 0 Å². The highest BCUT2D eigenvalue weighted by Crippen LogP contribution is 2.33. The Morgan fingerprint density at radius 3 is 2.89 bits per heavy atom. The van der Waals surface area contributed by atoms with E-state index in [2.05, 4.69) is 25.3 Å². The number of carbonyl (C=O) groups is 1. The van der Waals surface area contributed by atoms with Crippen molar-refractivity contribution in [3.05, 3.63) is 71.3 Å². The van der Waals surface area contributed by atoms with Crippen molar-refractivity contribution in [2.24, 2.45) is 0 Å². The summed E-state index contributed by atoms with van der Waals surface area (Å²) in [7, 11) is 0. The van der Waals surface area contributed by atoms with Crippen molar-refractivity contribution in [2.75, 3.05) is 5.32 Å². The van der Waals surface area contributed by atoms with Gasteiger partial charge < -0.3 is 15.4 Å². The van der Waals surface area contributed by atoms with Gasteiger partial charge in [0.15, 0.2) is 0 Å². The van der Waals surface area contributed by atoms with Crippen LogP contribution in [0.1, 0.15) is 15.9 Å². The van der Waals surface area contributed by atoms with E-state index in [0.717, 1.165) is 16.5 Å². The van der Waals surface area contributed by atoms with Crippen LogP contribution < -0.4 is 5.32 Å². The molecular weight excluding hydrogens is 366 g/mol. The van der Waals surface area contributed by atoms with Crippen molar-refractivity contribution in [3.8, 4) is 11.3 Å². The fraction of sp³-hybridized carbons (Fsp3) is 0.0526. The summed E-state index contributed by atoms with van der Waals surface area (Å²) < 4.78 is 0. The van der Waals surface area contributed by atoms with Crippen LogP contribution in [0.5, 0.6) is 0 Å². The third-order valence-electron chi connectivity index (χ3n) is 4.07. The molecule has 3 N–H and O–H groups in total. The first kappa shape index (κ1) is 17.0. The molecule has 0 spiro atoms. The number of aromatic nitrogens is 4. The van der Waals surface area contributed by atoms with Gasteiger partial charge in [-0.1, -0.05) is 17.7 Å². The first-order valence-electron chi connectivity index (χ1n) is 8.12. The zero-order chi connectivity index (χ0) is 18.8. The highest BCUT2D eigenvalue weighted by atomic mass is 35.5. The molecule has 0 bridgehead atoms. The predicted octanol–water partition coefficient (Wildman–Crippen LogP) is 3.98. The van der Waals surface area contributed by atoms with Gasteiger partial charge in [-0.2, -0.15) is 0 Å². The van der Waals surface area contributed by atoms with E-state index >= 15 is 0 Å². The molecule has 0 radical (unpaired) electrons. The van der Waals surface area contributed by atoms with Crippen molar-refractivity contribution in [2.45, 2.75) is 6.54 Å². The van der Waals surface area contributed by atoms with Crippen LogP contribution in [-0.4, -0.2) is 31.0 Å². The molecule has 27 heavy (non-hydrogen) atoms. The maximum absolute atomic E-state index is 11.1. The second-order valence-electron chi connectivity index (χ2n) is 5.87. The van der Waals surface area contributed by atoms with Crippen molar-refractivity contribution in [1.29, 1.82) is 0 Å². The minimum atomic E-state index is -1.07. The zero-order valence-corrected chi connectivity index (χ0v) is 14.7. The molecule has 8 heteroatoms. The molecule has 0 fully saturated rings. The molecule has 0 aliphatic rings. The van der Waals surface area contributed by atoms with Crippen LogP contribution in [0.4, 0.5) is 5.82 Å². The number of rotatable bonds is 5. The number of H-pyrrole nitrogens is 1. The van der Waals surface area contributed by atoms with E-state index in [0.29, 0.717) is 23.7 Å². The molecule has 4 aromatic rings. The van der Waals surface area contributed by atoms with Crippen molar-refractivity contribution in [1.82, 2.24) is 19.9 Å². The van der Waals surface area contributed by atoms with E-state index in [1.54, 1.807) is 18.6 Å². The Labute approximate surface area is 159 Å². The number of fused-ring (bicyclic) bond motifs is 1. The molecule has 7 nitrogen and oxygen atoms in total. The molecule has 0 aliphatic heterocycles. The number of hydrogen-bond donors (Lipinski definition) is 3. The number of anilines is 1. The number of aromatic amines is 1. The van der Waals surface area contributed by atoms with E-state index in [4.69, 9.17) is 16.7 Å². The Hall–Kier alpha value is -3.45. The molecule has 0 atom stereocenters. The molecule has 0 aliphatic carbocycles. The molecule has 4 aromatic heterocycles. The fourth-order valence-electron chi connectivity index (χ4n) is 2.77. The van der Waals surface area contributed by atoms with Crippen LogP contribution in [-0.2, 0) is 6.54 Å². The maximum Gasteiger partial charge on any atom is 0.337 e. The molecule has 0 amide bonds. The average Bonchev–Trinajstić information content (AvgIpc) is 3.15. The highest BCUT2D eigenvalue weighted by Gasteiger charge is 2.15. The lowest BCUT2D eigenvalue weighted by atomic mass is 10.1. The average molecular weight is 380 g/mol. The lowest BCUT2D eigenvalue weighted by Gasteiger charge is -2.10. The molecule has 0 unspecified atom stereocenters. The van der Waals surface area contributed by atoms with E-state index in [-0.39, 0.29) is 10.6 Å². The summed E-state index contributed by atoms with van der Waals surface area (Å²) in [5, 5.41) is 13.5. The number of pyridine rings is 3. The monoisotopic (exact) mass is 379 g/mol. The first-order chi connectivity index (χ1) is 13.1. The summed E-state index contributed by atoms with van der Waals surface area (Å²) in [4.78, 5) is 27.1. The number of aromatic carboxylic acids is 1. The summed E-state index contributed by atoms with van der Waals surface area (Å²) in [6, 6.07) is 8.97.